The summed E-state index contributed by atoms with van der Waals surface area (Å²) < 4.78 is 5.30. The predicted octanol–water partition coefficient (Wildman–Crippen LogP) is 8.11. The van der Waals surface area contributed by atoms with Crippen molar-refractivity contribution in [2.75, 3.05) is 0 Å². The second-order valence-electron chi connectivity index (χ2n) is 13.1. The lowest BCUT2D eigenvalue weighted by atomic mass is 9.72. The first kappa shape index (κ1) is 24.3. The lowest BCUT2D eigenvalue weighted by Gasteiger charge is -2.39. The third-order valence-corrected chi connectivity index (χ3v) is 8.60. The molecule has 1 aromatic carbocycles. The van der Waals surface area contributed by atoms with Crippen LogP contribution in [0.15, 0.2) is 30.3 Å². The number of aryl methyl sites for hydroxylation is 1. The zero-order chi connectivity index (χ0) is 25.5. The highest BCUT2D eigenvalue weighted by molar-refractivity contribution is 5.98. The fourth-order valence-electron chi connectivity index (χ4n) is 6.59. The average Bonchev–Trinajstić information content (AvgIpc) is 3.12. The van der Waals surface area contributed by atoms with E-state index in [-0.39, 0.29) is 16.4 Å². The van der Waals surface area contributed by atoms with E-state index in [0.29, 0.717) is 5.92 Å². The molecule has 35 heavy (non-hydrogen) atoms. The molecular formula is C32H44N3+. The molecule has 4 heterocycles. The lowest BCUT2D eigenvalue weighted by molar-refractivity contribution is -0.721. The molecule has 3 heteroatoms. The molecule has 0 aliphatic carbocycles. The molecule has 0 spiro atoms. The number of fused-ring (bicyclic) bond motifs is 3. The van der Waals surface area contributed by atoms with Crippen LogP contribution in [-0.4, -0.2) is 9.38 Å². The van der Waals surface area contributed by atoms with Gasteiger partial charge >= 0.3 is 0 Å². The first-order valence-electron chi connectivity index (χ1n) is 13.7. The van der Waals surface area contributed by atoms with Crippen molar-refractivity contribution in [2.24, 2.45) is 0 Å². The number of pyridine rings is 2. The van der Waals surface area contributed by atoms with Crippen LogP contribution in [0.4, 0.5) is 0 Å². The Morgan fingerprint density at radius 2 is 1.69 bits per heavy atom. The Kier molecular flexibility index (Phi) is 5.40. The van der Waals surface area contributed by atoms with Gasteiger partial charge in [-0.2, -0.15) is 4.40 Å². The van der Waals surface area contributed by atoms with E-state index in [0.717, 1.165) is 24.8 Å². The summed E-state index contributed by atoms with van der Waals surface area (Å²) >= 11 is 0. The van der Waals surface area contributed by atoms with E-state index in [2.05, 4.69) is 109 Å². The van der Waals surface area contributed by atoms with Crippen LogP contribution in [0.5, 0.6) is 0 Å². The SMILES string of the molecule is CCCc1ccc2c(c1)[n+]1c3c4c(cc(C(C)(C)C)nc4cc(C(C)(C)C)n23)C(CC)C1(C)CC. The molecule has 0 amide bonds. The summed E-state index contributed by atoms with van der Waals surface area (Å²) in [5.41, 5.74) is 10.7. The maximum absolute atomic E-state index is 5.34. The molecule has 0 fully saturated rings. The first-order chi connectivity index (χ1) is 16.4. The molecule has 3 nitrogen and oxygen atoms in total. The minimum Gasteiger partial charge on any atom is -0.252 e. The number of nitrogens with zero attached hydrogens (tertiary/aromatic N) is 3. The summed E-state index contributed by atoms with van der Waals surface area (Å²) in [7, 11) is 0. The normalized spacial score (nSPS) is 20.6. The van der Waals surface area contributed by atoms with Crippen LogP contribution in [-0.2, 0) is 22.8 Å². The van der Waals surface area contributed by atoms with Gasteiger partial charge in [0.1, 0.15) is 11.2 Å². The molecule has 186 valence electrons. The first-order valence-corrected chi connectivity index (χ1v) is 13.7. The van der Waals surface area contributed by atoms with Crippen molar-refractivity contribution in [3.05, 3.63) is 52.8 Å². The van der Waals surface area contributed by atoms with Crippen molar-refractivity contribution in [3.63, 3.8) is 0 Å². The summed E-state index contributed by atoms with van der Waals surface area (Å²) in [6.45, 7) is 23.4. The monoisotopic (exact) mass is 470 g/mol. The van der Waals surface area contributed by atoms with Gasteiger partial charge in [-0.15, -0.1) is 0 Å². The van der Waals surface area contributed by atoms with Gasteiger partial charge in [-0.3, -0.25) is 4.98 Å². The second-order valence-corrected chi connectivity index (χ2v) is 13.1. The highest BCUT2D eigenvalue weighted by Crippen LogP contribution is 2.47. The molecule has 2 atom stereocenters. The van der Waals surface area contributed by atoms with Crippen LogP contribution in [0.1, 0.15) is 117 Å². The van der Waals surface area contributed by atoms with E-state index in [9.17, 15) is 0 Å². The molecule has 4 aromatic rings. The Hall–Kier alpha value is -2.42. The molecule has 1 aliphatic heterocycles. The average molecular weight is 471 g/mol. The molecule has 5 rings (SSSR count). The predicted molar refractivity (Wildman–Crippen MR) is 149 cm³/mol. The van der Waals surface area contributed by atoms with E-state index < -0.39 is 0 Å². The molecule has 1 aliphatic rings. The van der Waals surface area contributed by atoms with Gasteiger partial charge in [0.05, 0.1) is 10.9 Å². The third kappa shape index (κ3) is 3.37. The zero-order valence-corrected chi connectivity index (χ0v) is 23.6. The topological polar surface area (TPSA) is 21.2 Å². The Morgan fingerprint density at radius 1 is 0.971 bits per heavy atom. The molecule has 2 unspecified atom stereocenters. The second kappa shape index (κ2) is 7.79. The van der Waals surface area contributed by atoms with Crippen LogP contribution in [0, 0.1) is 0 Å². The smallest absolute Gasteiger partial charge is 0.252 e. The zero-order valence-electron chi connectivity index (χ0n) is 23.6. The van der Waals surface area contributed by atoms with E-state index in [1.54, 1.807) is 0 Å². The van der Waals surface area contributed by atoms with Crippen molar-refractivity contribution >= 4 is 27.6 Å². The Balaban J connectivity index is 2.11. The van der Waals surface area contributed by atoms with Crippen molar-refractivity contribution in [1.29, 1.82) is 0 Å². The Labute approximate surface area is 211 Å². The van der Waals surface area contributed by atoms with Crippen LogP contribution in [0.2, 0.25) is 0 Å². The van der Waals surface area contributed by atoms with Gasteiger partial charge in [0.25, 0.3) is 5.65 Å². The van der Waals surface area contributed by atoms with Gasteiger partial charge in [0.2, 0.25) is 0 Å². The summed E-state index contributed by atoms with van der Waals surface area (Å²) in [6, 6.07) is 12.0. The summed E-state index contributed by atoms with van der Waals surface area (Å²) in [5, 5.41) is 1.36. The summed E-state index contributed by atoms with van der Waals surface area (Å²) in [5.74, 6) is 0.446. The van der Waals surface area contributed by atoms with Gasteiger partial charge < -0.3 is 0 Å². The van der Waals surface area contributed by atoms with Gasteiger partial charge in [0, 0.05) is 28.5 Å². The number of aromatic nitrogens is 3. The van der Waals surface area contributed by atoms with Crippen molar-refractivity contribution in [2.45, 2.75) is 117 Å². The number of imidazole rings is 1. The number of benzene rings is 1. The molecule has 0 saturated carbocycles. The van der Waals surface area contributed by atoms with Crippen molar-refractivity contribution in [1.82, 2.24) is 9.38 Å². The standard InChI is InChI=1S/C32H44N3/c1-11-14-20-15-16-24-25(17-20)35-29-28-21(22(12-2)32(35,10)13-3)18-26(30(4,5)6)33-23(28)19-27(34(24)29)31(7,8)9/h15-19,22H,11-14H2,1-10H3/q+1. The molecule has 3 aromatic heterocycles. The van der Waals surface area contributed by atoms with Crippen molar-refractivity contribution < 1.29 is 4.57 Å². The number of hydrogen-bond acceptors (Lipinski definition) is 1. The maximum atomic E-state index is 5.34. The van der Waals surface area contributed by atoms with E-state index >= 15 is 0 Å². The van der Waals surface area contributed by atoms with Gasteiger partial charge in [-0.05, 0) is 55.5 Å². The van der Waals surface area contributed by atoms with Crippen LogP contribution in [0.3, 0.4) is 0 Å². The molecular weight excluding hydrogens is 426 g/mol. The largest absolute Gasteiger partial charge is 0.297 e. The fraction of sp³-hybridized carbons (Fsp3) is 0.562. The minimum absolute atomic E-state index is 0.000463. The third-order valence-electron chi connectivity index (χ3n) is 8.60. The van der Waals surface area contributed by atoms with E-state index in [1.165, 1.54) is 51.0 Å². The highest BCUT2D eigenvalue weighted by Gasteiger charge is 2.48. The fourth-order valence-corrected chi connectivity index (χ4v) is 6.59. The molecule has 0 radical (unpaired) electrons. The summed E-state index contributed by atoms with van der Waals surface area (Å²) in [6.07, 6.45) is 4.50. The molecule has 0 N–H and O–H groups in total. The molecule has 0 saturated heterocycles. The van der Waals surface area contributed by atoms with Gasteiger partial charge in [0.15, 0.2) is 11.0 Å². The lowest BCUT2D eigenvalue weighted by Crippen LogP contribution is -2.59. The maximum Gasteiger partial charge on any atom is 0.297 e. The van der Waals surface area contributed by atoms with Crippen LogP contribution < -0.4 is 4.57 Å². The highest BCUT2D eigenvalue weighted by atomic mass is 15.2. The van der Waals surface area contributed by atoms with E-state index in [4.69, 9.17) is 4.98 Å². The number of rotatable bonds is 4. The van der Waals surface area contributed by atoms with Gasteiger partial charge in [-0.1, -0.05) is 74.8 Å². The number of hydrogen-bond donors (Lipinski definition) is 0. The Morgan fingerprint density at radius 3 is 2.26 bits per heavy atom. The van der Waals surface area contributed by atoms with Crippen LogP contribution in [0.25, 0.3) is 27.6 Å². The quantitative estimate of drug-likeness (QED) is 0.276. The van der Waals surface area contributed by atoms with Crippen LogP contribution >= 0.6 is 0 Å². The Bertz CT molecular complexity index is 1460. The molecule has 0 bridgehead atoms. The summed E-state index contributed by atoms with van der Waals surface area (Å²) in [4.78, 5) is 5.34. The van der Waals surface area contributed by atoms with E-state index in [1.807, 2.05) is 0 Å². The van der Waals surface area contributed by atoms with Crippen molar-refractivity contribution in [3.8, 4) is 0 Å². The minimum atomic E-state index is -0.0101. The van der Waals surface area contributed by atoms with Gasteiger partial charge in [-0.25, -0.2) is 4.57 Å².